The monoisotopic (exact) mass is 442 g/mol. The van der Waals surface area contributed by atoms with Crippen LogP contribution in [0.3, 0.4) is 0 Å². The number of morpholine rings is 1. The van der Waals surface area contributed by atoms with Gasteiger partial charge in [-0.15, -0.1) is 0 Å². The molecule has 2 fully saturated rings. The third-order valence-electron chi connectivity index (χ3n) is 6.84. The number of hydrogen-bond donors (Lipinski definition) is 3. The lowest BCUT2D eigenvalue weighted by Gasteiger charge is -2.28. The van der Waals surface area contributed by atoms with Crippen LogP contribution in [0.2, 0.25) is 0 Å². The van der Waals surface area contributed by atoms with Gasteiger partial charge in [0.15, 0.2) is 0 Å². The minimum absolute atomic E-state index is 0.630. The lowest BCUT2D eigenvalue weighted by molar-refractivity contribution is 0.122. The SMILES string of the molecule is c1ccc2c(NCC3CCCNC3)c(-c3nc4ccc(N5CCOCC5)cc4[nH]3)cnc2c1. The molecule has 4 heterocycles. The van der Waals surface area contributed by atoms with Gasteiger partial charge in [-0.25, -0.2) is 4.98 Å². The van der Waals surface area contributed by atoms with Gasteiger partial charge >= 0.3 is 0 Å². The standard InChI is InChI=1S/C26H30N6O/c1-2-6-22-20(5-1)25(29-16-18-4-3-9-27-15-18)21(17-28-22)26-30-23-8-7-19(14-24(23)31-26)32-10-12-33-13-11-32/h1-2,5-8,14,17-18,27H,3-4,9-13,15-16H2,(H,28,29)(H,30,31). The van der Waals surface area contributed by atoms with Gasteiger partial charge in [0.05, 0.1) is 41.0 Å². The van der Waals surface area contributed by atoms with Gasteiger partial charge in [-0.1, -0.05) is 18.2 Å². The molecule has 170 valence electrons. The van der Waals surface area contributed by atoms with Crippen LogP contribution in [0.4, 0.5) is 11.4 Å². The van der Waals surface area contributed by atoms with E-state index in [1.54, 1.807) is 0 Å². The predicted octanol–water partition coefficient (Wildman–Crippen LogP) is 4.03. The molecule has 2 aliphatic rings. The Morgan fingerprint density at radius 1 is 1.09 bits per heavy atom. The Labute approximate surface area is 193 Å². The lowest BCUT2D eigenvalue weighted by atomic mass is 9.99. The van der Waals surface area contributed by atoms with Crippen LogP contribution >= 0.6 is 0 Å². The zero-order chi connectivity index (χ0) is 22.0. The first-order valence-electron chi connectivity index (χ1n) is 12.0. The first kappa shape index (κ1) is 20.4. The molecular formula is C26H30N6O. The largest absolute Gasteiger partial charge is 0.384 e. The van der Waals surface area contributed by atoms with Crippen molar-refractivity contribution in [3.05, 3.63) is 48.7 Å². The van der Waals surface area contributed by atoms with Crippen molar-refractivity contribution < 1.29 is 4.74 Å². The second-order valence-corrected chi connectivity index (χ2v) is 9.04. The molecule has 0 bridgehead atoms. The molecule has 2 aliphatic heterocycles. The maximum Gasteiger partial charge on any atom is 0.142 e. The first-order valence-corrected chi connectivity index (χ1v) is 12.0. The zero-order valence-electron chi connectivity index (χ0n) is 18.8. The van der Waals surface area contributed by atoms with Crippen LogP contribution in [-0.4, -0.2) is 60.9 Å². The summed E-state index contributed by atoms with van der Waals surface area (Å²) in [6, 6.07) is 14.8. The fraction of sp³-hybridized carbons (Fsp3) is 0.385. The average molecular weight is 443 g/mol. The second-order valence-electron chi connectivity index (χ2n) is 9.04. The molecule has 6 rings (SSSR count). The lowest BCUT2D eigenvalue weighted by Crippen LogP contribution is -2.36. The number of pyridine rings is 1. The Hall–Kier alpha value is -3.16. The van der Waals surface area contributed by atoms with Gasteiger partial charge in [-0.2, -0.15) is 0 Å². The Morgan fingerprint density at radius 3 is 2.88 bits per heavy atom. The minimum atomic E-state index is 0.630. The van der Waals surface area contributed by atoms with Crippen molar-refractivity contribution in [2.24, 2.45) is 5.92 Å². The highest BCUT2D eigenvalue weighted by atomic mass is 16.5. The van der Waals surface area contributed by atoms with Crippen LogP contribution in [0.15, 0.2) is 48.7 Å². The van der Waals surface area contributed by atoms with E-state index in [1.807, 2.05) is 12.3 Å². The van der Waals surface area contributed by atoms with E-state index in [0.717, 1.165) is 84.9 Å². The third-order valence-corrected chi connectivity index (χ3v) is 6.84. The van der Waals surface area contributed by atoms with Crippen molar-refractivity contribution in [3.63, 3.8) is 0 Å². The van der Waals surface area contributed by atoms with Gasteiger partial charge < -0.3 is 25.3 Å². The molecule has 0 spiro atoms. The Balaban J connectivity index is 1.37. The topological polar surface area (TPSA) is 78.1 Å². The Morgan fingerprint density at radius 2 is 2.00 bits per heavy atom. The van der Waals surface area contributed by atoms with Crippen LogP contribution in [-0.2, 0) is 4.74 Å². The number of nitrogens with one attached hydrogen (secondary N) is 3. The highest BCUT2D eigenvalue weighted by Gasteiger charge is 2.18. The van der Waals surface area contributed by atoms with Crippen LogP contribution < -0.4 is 15.5 Å². The summed E-state index contributed by atoms with van der Waals surface area (Å²) in [4.78, 5) is 15.6. The maximum atomic E-state index is 5.51. The molecule has 0 saturated carbocycles. The number of aromatic amines is 1. The summed E-state index contributed by atoms with van der Waals surface area (Å²) in [5.41, 5.74) is 6.35. The average Bonchev–Trinajstić information content (AvgIpc) is 3.31. The third kappa shape index (κ3) is 4.14. The number of rotatable bonds is 5. The van der Waals surface area contributed by atoms with Crippen molar-refractivity contribution in [2.45, 2.75) is 12.8 Å². The number of ether oxygens (including phenoxy) is 1. The van der Waals surface area contributed by atoms with Crippen molar-refractivity contribution in [3.8, 4) is 11.4 Å². The Bertz CT molecular complexity index is 1260. The number of hydrogen-bond acceptors (Lipinski definition) is 6. The molecule has 1 atom stereocenters. The highest BCUT2D eigenvalue weighted by molar-refractivity contribution is 5.99. The number of H-pyrrole nitrogens is 1. The molecule has 4 aromatic rings. The number of benzene rings is 2. The van der Waals surface area contributed by atoms with Gasteiger partial charge in [-0.3, -0.25) is 4.98 Å². The summed E-state index contributed by atoms with van der Waals surface area (Å²) in [5, 5.41) is 8.42. The quantitative estimate of drug-likeness (QED) is 0.433. The van der Waals surface area contributed by atoms with Gasteiger partial charge in [0, 0.05) is 36.9 Å². The van der Waals surface area contributed by atoms with Crippen molar-refractivity contribution in [2.75, 3.05) is 56.2 Å². The minimum Gasteiger partial charge on any atom is -0.384 e. The molecule has 3 N–H and O–H groups in total. The van der Waals surface area contributed by atoms with E-state index in [9.17, 15) is 0 Å². The molecule has 0 aliphatic carbocycles. The maximum absolute atomic E-state index is 5.51. The van der Waals surface area contributed by atoms with Gasteiger partial charge in [0.2, 0.25) is 0 Å². The van der Waals surface area contributed by atoms with E-state index < -0.39 is 0 Å². The van der Waals surface area contributed by atoms with E-state index in [1.165, 1.54) is 18.5 Å². The fourth-order valence-corrected chi connectivity index (χ4v) is 5.00. The van der Waals surface area contributed by atoms with Crippen LogP contribution in [0, 0.1) is 5.92 Å². The molecule has 2 aromatic heterocycles. The van der Waals surface area contributed by atoms with Crippen molar-refractivity contribution in [1.29, 1.82) is 0 Å². The van der Waals surface area contributed by atoms with E-state index in [2.05, 4.69) is 56.9 Å². The number of nitrogens with zero attached hydrogens (tertiary/aromatic N) is 3. The number of para-hydroxylation sites is 1. The fourth-order valence-electron chi connectivity index (χ4n) is 5.00. The summed E-state index contributed by atoms with van der Waals surface area (Å²) in [6.07, 6.45) is 4.45. The van der Waals surface area contributed by atoms with Crippen LogP contribution in [0.5, 0.6) is 0 Å². The zero-order valence-corrected chi connectivity index (χ0v) is 18.8. The summed E-state index contributed by atoms with van der Waals surface area (Å²) in [6.45, 7) is 6.54. The van der Waals surface area contributed by atoms with Crippen LogP contribution in [0.1, 0.15) is 12.8 Å². The van der Waals surface area contributed by atoms with Gasteiger partial charge in [0.1, 0.15) is 5.82 Å². The molecule has 0 radical (unpaired) electrons. The summed E-state index contributed by atoms with van der Waals surface area (Å²) in [7, 11) is 0. The second kappa shape index (κ2) is 9.00. The van der Waals surface area contributed by atoms with E-state index in [4.69, 9.17) is 14.7 Å². The molecule has 33 heavy (non-hydrogen) atoms. The molecule has 2 saturated heterocycles. The van der Waals surface area contributed by atoms with E-state index >= 15 is 0 Å². The molecule has 7 heteroatoms. The number of anilines is 2. The predicted molar refractivity (Wildman–Crippen MR) is 134 cm³/mol. The number of fused-ring (bicyclic) bond motifs is 2. The summed E-state index contributed by atoms with van der Waals surface area (Å²) >= 11 is 0. The number of aromatic nitrogens is 3. The molecule has 7 nitrogen and oxygen atoms in total. The molecule has 0 amide bonds. The number of imidazole rings is 1. The first-order chi connectivity index (χ1) is 16.3. The van der Waals surface area contributed by atoms with E-state index in [-0.39, 0.29) is 0 Å². The summed E-state index contributed by atoms with van der Waals surface area (Å²) in [5.74, 6) is 1.48. The molecule has 1 unspecified atom stereocenters. The van der Waals surface area contributed by atoms with Gasteiger partial charge in [0.25, 0.3) is 0 Å². The van der Waals surface area contributed by atoms with Crippen molar-refractivity contribution >= 4 is 33.3 Å². The number of piperidine rings is 1. The summed E-state index contributed by atoms with van der Waals surface area (Å²) < 4.78 is 5.51. The van der Waals surface area contributed by atoms with Gasteiger partial charge in [-0.05, 0) is 56.1 Å². The normalized spacial score (nSPS) is 19.3. The Kier molecular flexibility index (Phi) is 5.58. The van der Waals surface area contributed by atoms with E-state index in [0.29, 0.717) is 5.92 Å². The smallest absolute Gasteiger partial charge is 0.142 e. The highest BCUT2D eigenvalue weighted by Crippen LogP contribution is 2.34. The molecule has 2 aromatic carbocycles. The van der Waals surface area contributed by atoms with Crippen molar-refractivity contribution in [1.82, 2.24) is 20.3 Å². The molecular weight excluding hydrogens is 412 g/mol. The van der Waals surface area contributed by atoms with Crippen LogP contribution in [0.25, 0.3) is 33.3 Å².